The zero-order valence-corrected chi connectivity index (χ0v) is 12.6. The minimum Gasteiger partial charge on any atom is -0.311 e. The summed E-state index contributed by atoms with van der Waals surface area (Å²) in [5, 5.41) is 5.75. The zero-order valence-electron chi connectivity index (χ0n) is 11.8. The molecule has 1 heterocycles. The Morgan fingerprint density at radius 3 is 2.59 bits per heavy atom. The predicted molar refractivity (Wildman–Crippen MR) is 77.6 cm³/mol. The van der Waals surface area contributed by atoms with E-state index < -0.39 is 0 Å². The van der Waals surface area contributed by atoms with Gasteiger partial charge in [-0.1, -0.05) is 13.0 Å². The molecule has 0 saturated carbocycles. The van der Waals surface area contributed by atoms with Gasteiger partial charge in [-0.05, 0) is 45.7 Å². The van der Waals surface area contributed by atoms with Gasteiger partial charge in [-0.3, -0.25) is 4.90 Å². The second kappa shape index (κ2) is 6.53. The first-order chi connectivity index (χ1) is 7.92. The molecular weight excluding hydrogens is 228 g/mol. The van der Waals surface area contributed by atoms with Crippen molar-refractivity contribution in [1.82, 2.24) is 10.2 Å². The number of nitrogens with zero attached hydrogens (tertiary/aromatic N) is 1. The largest absolute Gasteiger partial charge is 0.311 e. The molecule has 1 atom stereocenters. The Labute approximate surface area is 110 Å². The number of hydrogen-bond donors (Lipinski definition) is 1. The molecule has 1 unspecified atom stereocenters. The molecule has 0 fully saturated rings. The van der Waals surface area contributed by atoms with Crippen LogP contribution in [0.5, 0.6) is 0 Å². The fourth-order valence-electron chi connectivity index (χ4n) is 1.81. The third-order valence-electron chi connectivity index (χ3n) is 2.95. The molecule has 0 aliphatic rings. The van der Waals surface area contributed by atoms with E-state index in [9.17, 15) is 0 Å². The fraction of sp³-hybridized carbons (Fsp3) is 0.714. The molecule has 2 nitrogen and oxygen atoms in total. The lowest BCUT2D eigenvalue weighted by Gasteiger charge is -2.30. The topological polar surface area (TPSA) is 15.3 Å². The number of nitrogens with one attached hydrogen (secondary N) is 1. The first kappa shape index (κ1) is 14.7. The van der Waals surface area contributed by atoms with E-state index in [1.54, 1.807) is 0 Å². The van der Waals surface area contributed by atoms with E-state index >= 15 is 0 Å². The van der Waals surface area contributed by atoms with Gasteiger partial charge in [-0.15, -0.1) is 11.3 Å². The van der Waals surface area contributed by atoms with Crippen molar-refractivity contribution in [3.05, 3.63) is 22.4 Å². The van der Waals surface area contributed by atoms with Crippen molar-refractivity contribution in [2.75, 3.05) is 13.6 Å². The lowest BCUT2D eigenvalue weighted by Crippen LogP contribution is -2.45. The smallest absolute Gasteiger partial charge is 0.0328 e. The minimum atomic E-state index is 0.206. The van der Waals surface area contributed by atoms with Crippen LogP contribution in [-0.4, -0.2) is 30.1 Å². The SMILES string of the molecule is CCC(CNC(C)(C)C)N(C)Cc1cccs1. The molecule has 0 aliphatic heterocycles. The molecule has 1 rings (SSSR count). The van der Waals surface area contributed by atoms with E-state index in [4.69, 9.17) is 0 Å². The molecule has 1 N–H and O–H groups in total. The van der Waals surface area contributed by atoms with Crippen LogP contribution in [0, 0.1) is 0 Å². The maximum absolute atomic E-state index is 3.60. The van der Waals surface area contributed by atoms with Gasteiger partial charge in [0.2, 0.25) is 0 Å². The molecule has 0 aliphatic carbocycles. The average molecular weight is 254 g/mol. The lowest BCUT2D eigenvalue weighted by molar-refractivity contribution is 0.210. The summed E-state index contributed by atoms with van der Waals surface area (Å²) >= 11 is 1.84. The van der Waals surface area contributed by atoms with E-state index in [0.29, 0.717) is 6.04 Å². The van der Waals surface area contributed by atoms with Crippen LogP contribution in [-0.2, 0) is 6.54 Å². The van der Waals surface area contributed by atoms with Crippen molar-refractivity contribution >= 4 is 11.3 Å². The highest BCUT2D eigenvalue weighted by atomic mass is 32.1. The molecule has 1 aromatic heterocycles. The first-order valence-corrected chi connectivity index (χ1v) is 7.28. The number of likely N-dealkylation sites (N-methyl/N-ethyl adjacent to an activating group) is 1. The van der Waals surface area contributed by atoms with E-state index in [-0.39, 0.29) is 5.54 Å². The summed E-state index contributed by atoms with van der Waals surface area (Å²) in [6, 6.07) is 4.95. The van der Waals surface area contributed by atoms with Gasteiger partial charge < -0.3 is 5.32 Å². The Balaban J connectivity index is 2.43. The average Bonchev–Trinajstić information content (AvgIpc) is 2.69. The van der Waals surface area contributed by atoms with Crippen molar-refractivity contribution < 1.29 is 0 Å². The van der Waals surface area contributed by atoms with E-state index in [0.717, 1.165) is 13.1 Å². The van der Waals surface area contributed by atoms with Crippen molar-refractivity contribution in [3.63, 3.8) is 0 Å². The highest BCUT2D eigenvalue weighted by molar-refractivity contribution is 7.09. The van der Waals surface area contributed by atoms with Gasteiger partial charge in [-0.25, -0.2) is 0 Å². The second-order valence-electron chi connectivity index (χ2n) is 5.69. The van der Waals surface area contributed by atoms with Crippen molar-refractivity contribution in [1.29, 1.82) is 0 Å². The van der Waals surface area contributed by atoms with Crippen molar-refractivity contribution in [3.8, 4) is 0 Å². The van der Waals surface area contributed by atoms with Gasteiger partial charge >= 0.3 is 0 Å². The zero-order chi connectivity index (χ0) is 12.9. The Morgan fingerprint density at radius 2 is 2.12 bits per heavy atom. The molecule has 1 aromatic rings. The highest BCUT2D eigenvalue weighted by Crippen LogP contribution is 2.14. The molecule has 17 heavy (non-hydrogen) atoms. The summed E-state index contributed by atoms with van der Waals surface area (Å²) in [6.45, 7) is 11.0. The second-order valence-corrected chi connectivity index (χ2v) is 6.72. The summed E-state index contributed by atoms with van der Waals surface area (Å²) in [7, 11) is 2.22. The van der Waals surface area contributed by atoms with Crippen LogP contribution in [0.25, 0.3) is 0 Å². The molecular formula is C14H26N2S. The van der Waals surface area contributed by atoms with Crippen LogP contribution in [0.1, 0.15) is 39.0 Å². The third kappa shape index (κ3) is 5.66. The van der Waals surface area contributed by atoms with Gasteiger partial charge in [0, 0.05) is 29.5 Å². The highest BCUT2D eigenvalue weighted by Gasteiger charge is 2.16. The molecule has 0 radical (unpaired) electrons. The molecule has 3 heteroatoms. The molecule has 0 bridgehead atoms. The summed E-state index contributed by atoms with van der Waals surface area (Å²) in [5.74, 6) is 0. The van der Waals surface area contributed by atoms with Crippen molar-refractivity contribution in [2.24, 2.45) is 0 Å². The van der Waals surface area contributed by atoms with Gasteiger partial charge in [0.15, 0.2) is 0 Å². The summed E-state index contributed by atoms with van der Waals surface area (Å²) in [4.78, 5) is 3.90. The lowest BCUT2D eigenvalue weighted by atomic mass is 10.1. The first-order valence-electron chi connectivity index (χ1n) is 6.40. The monoisotopic (exact) mass is 254 g/mol. The fourth-order valence-corrected chi connectivity index (χ4v) is 2.58. The third-order valence-corrected chi connectivity index (χ3v) is 3.81. The maximum atomic E-state index is 3.60. The van der Waals surface area contributed by atoms with Crippen LogP contribution in [0.4, 0.5) is 0 Å². The molecule has 0 saturated heterocycles. The standard InChI is InChI=1S/C14H26N2S/c1-6-12(10-15-14(2,3)4)16(5)11-13-8-7-9-17-13/h7-9,12,15H,6,10-11H2,1-5H3. The maximum Gasteiger partial charge on any atom is 0.0328 e. The van der Waals surface area contributed by atoms with E-state index in [1.165, 1.54) is 11.3 Å². The van der Waals surface area contributed by atoms with E-state index in [1.807, 2.05) is 11.3 Å². The Hall–Kier alpha value is -0.380. The molecule has 0 amide bonds. The normalized spacial score (nSPS) is 14.2. The quantitative estimate of drug-likeness (QED) is 0.837. The summed E-state index contributed by atoms with van der Waals surface area (Å²) in [6.07, 6.45) is 1.19. The van der Waals surface area contributed by atoms with Crippen LogP contribution < -0.4 is 5.32 Å². The summed E-state index contributed by atoms with van der Waals surface area (Å²) in [5.41, 5.74) is 0.206. The van der Waals surface area contributed by atoms with Crippen LogP contribution >= 0.6 is 11.3 Å². The Morgan fingerprint density at radius 1 is 1.41 bits per heavy atom. The van der Waals surface area contributed by atoms with Gasteiger partial charge in [-0.2, -0.15) is 0 Å². The summed E-state index contributed by atoms with van der Waals surface area (Å²) < 4.78 is 0. The number of thiophene rings is 1. The van der Waals surface area contributed by atoms with E-state index in [2.05, 4.69) is 62.5 Å². The van der Waals surface area contributed by atoms with Crippen LogP contribution in [0.3, 0.4) is 0 Å². The van der Waals surface area contributed by atoms with Gasteiger partial charge in [0.1, 0.15) is 0 Å². The molecule has 98 valence electrons. The molecule has 0 spiro atoms. The van der Waals surface area contributed by atoms with Crippen molar-refractivity contribution in [2.45, 2.75) is 52.2 Å². The van der Waals surface area contributed by atoms with Gasteiger partial charge in [0.25, 0.3) is 0 Å². The minimum absolute atomic E-state index is 0.206. The number of hydrogen-bond acceptors (Lipinski definition) is 3. The molecule has 0 aromatic carbocycles. The predicted octanol–water partition coefficient (Wildman–Crippen LogP) is 3.35. The number of rotatable bonds is 6. The van der Waals surface area contributed by atoms with Crippen LogP contribution in [0.2, 0.25) is 0 Å². The Kier molecular flexibility index (Phi) is 5.63. The van der Waals surface area contributed by atoms with Gasteiger partial charge in [0.05, 0.1) is 0 Å². The van der Waals surface area contributed by atoms with Crippen LogP contribution in [0.15, 0.2) is 17.5 Å². The Bertz CT molecular complexity index is 301.